The Hall–Kier alpha value is -3.48. The molecule has 0 unspecified atom stereocenters. The quantitative estimate of drug-likeness (QED) is 0.660. The maximum absolute atomic E-state index is 11.9. The largest absolute Gasteiger partial charge is 0.465 e. The summed E-state index contributed by atoms with van der Waals surface area (Å²) in [6.45, 7) is 2.36. The topological polar surface area (TPSA) is 89.0 Å². The molecule has 7 heteroatoms. The zero-order chi connectivity index (χ0) is 18.4. The van der Waals surface area contributed by atoms with E-state index in [0.717, 1.165) is 5.69 Å². The number of ether oxygens (including phenoxy) is 1. The van der Waals surface area contributed by atoms with Crippen LogP contribution in [0.3, 0.4) is 0 Å². The Morgan fingerprint density at radius 3 is 2.62 bits per heavy atom. The fraction of sp³-hybridized carbons (Fsp3) is 0.158. The van der Waals surface area contributed by atoms with Crippen LogP contribution in [-0.4, -0.2) is 28.0 Å². The van der Waals surface area contributed by atoms with Crippen LogP contribution in [0.1, 0.15) is 21.9 Å². The summed E-state index contributed by atoms with van der Waals surface area (Å²) in [7, 11) is 1.35. The van der Waals surface area contributed by atoms with Gasteiger partial charge in [-0.1, -0.05) is 18.2 Å². The van der Waals surface area contributed by atoms with Gasteiger partial charge in [0, 0.05) is 12.3 Å². The molecule has 0 spiro atoms. The van der Waals surface area contributed by atoms with E-state index in [1.165, 1.54) is 7.11 Å². The summed E-state index contributed by atoms with van der Waals surface area (Å²) in [5.74, 6) is 1.44. The molecule has 0 aliphatic rings. The van der Waals surface area contributed by atoms with E-state index in [9.17, 15) is 4.79 Å². The molecule has 26 heavy (non-hydrogen) atoms. The minimum absolute atomic E-state index is 0.410. The number of hydrogen-bond donors (Lipinski definition) is 2. The molecule has 0 bridgehead atoms. The standard InChI is InChI=1S/C19H19N5O2/c1-13-22-17(21-12-14-7-5-6-10-20-14)11-18(23-13)24-16-9-4-3-8-15(16)19(25)26-2/h3-11H,12H2,1-2H3,(H2,21,22,23,24). The summed E-state index contributed by atoms with van der Waals surface area (Å²) in [6, 6.07) is 14.6. The molecular weight excluding hydrogens is 330 g/mol. The lowest BCUT2D eigenvalue weighted by Crippen LogP contribution is -2.08. The Kier molecular flexibility index (Phi) is 5.38. The first-order valence-corrected chi connectivity index (χ1v) is 8.09. The molecule has 2 N–H and O–H groups in total. The highest BCUT2D eigenvalue weighted by Crippen LogP contribution is 2.22. The number of rotatable bonds is 6. The van der Waals surface area contributed by atoms with E-state index < -0.39 is 5.97 Å². The Bertz CT molecular complexity index is 899. The van der Waals surface area contributed by atoms with E-state index in [0.29, 0.717) is 35.3 Å². The summed E-state index contributed by atoms with van der Waals surface area (Å²) in [5.41, 5.74) is 1.97. The van der Waals surface area contributed by atoms with Crippen LogP contribution in [0.25, 0.3) is 0 Å². The second kappa shape index (κ2) is 8.06. The van der Waals surface area contributed by atoms with Crippen molar-refractivity contribution in [1.29, 1.82) is 0 Å². The molecule has 0 aliphatic carbocycles. The van der Waals surface area contributed by atoms with Gasteiger partial charge >= 0.3 is 5.97 Å². The van der Waals surface area contributed by atoms with Gasteiger partial charge in [-0.2, -0.15) is 0 Å². The highest BCUT2D eigenvalue weighted by Gasteiger charge is 2.12. The Balaban J connectivity index is 1.79. The van der Waals surface area contributed by atoms with Gasteiger partial charge in [-0.15, -0.1) is 0 Å². The predicted octanol–water partition coefficient (Wildman–Crippen LogP) is 3.32. The molecule has 2 heterocycles. The molecule has 0 aliphatic heterocycles. The van der Waals surface area contributed by atoms with E-state index >= 15 is 0 Å². The van der Waals surface area contributed by atoms with E-state index in [4.69, 9.17) is 4.74 Å². The average Bonchev–Trinajstić information content (AvgIpc) is 2.66. The molecule has 0 amide bonds. The lowest BCUT2D eigenvalue weighted by Gasteiger charge is -2.12. The number of para-hydroxylation sites is 1. The number of aromatic nitrogens is 3. The minimum atomic E-state index is -0.410. The summed E-state index contributed by atoms with van der Waals surface area (Å²) < 4.78 is 4.82. The number of carbonyl (C=O) groups excluding carboxylic acids is 1. The van der Waals surface area contributed by atoms with Crippen molar-refractivity contribution in [2.24, 2.45) is 0 Å². The first-order chi connectivity index (χ1) is 12.7. The van der Waals surface area contributed by atoms with Crippen molar-refractivity contribution in [2.45, 2.75) is 13.5 Å². The highest BCUT2D eigenvalue weighted by atomic mass is 16.5. The van der Waals surface area contributed by atoms with Crippen molar-refractivity contribution in [2.75, 3.05) is 17.7 Å². The van der Waals surface area contributed by atoms with Gasteiger partial charge in [0.25, 0.3) is 0 Å². The maximum Gasteiger partial charge on any atom is 0.339 e. The van der Waals surface area contributed by atoms with Crippen molar-refractivity contribution in [3.8, 4) is 0 Å². The first-order valence-electron chi connectivity index (χ1n) is 8.09. The number of hydrogen-bond acceptors (Lipinski definition) is 7. The third-order valence-electron chi connectivity index (χ3n) is 3.61. The first kappa shape index (κ1) is 17.3. The van der Waals surface area contributed by atoms with E-state index in [1.807, 2.05) is 31.2 Å². The number of methoxy groups -OCH3 is 1. The molecular formula is C19H19N5O2. The van der Waals surface area contributed by atoms with Crippen LogP contribution in [0.15, 0.2) is 54.7 Å². The molecule has 3 aromatic rings. The number of aryl methyl sites for hydroxylation is 1. The van der Waals surface area contributed by atoms with Crippen LogP contribution >= 0.6 is 0 Å². The Morgan fingerprint density at radius 2 is 1.85 bits per heavy atom. The van der Waals surface area contributed by atoms with Gasteiger partial charge in [-0.25, -0.2) is 14.8 Å². The average molecular weight is 349 g/mol. The number of esters is 1. The molecule has 2 aromatic heterocycles. The van der Waals surface area contributed by atoms with Gasteiger partial charge in [0.05, 0.1) is 30.6 Å². The van der Waals surface area contributed by atoms with Gasteiger partial charge in [0.2, 0.25) is 0 Å². The van der Waals surface area contributed by atoms with Crippen LogP contribution in [0, 0.1) is 6.92 Å². The zero-order valence-corrected chi connectivity index (χ0v) is 14.6. The summed E-state index contributed by atoms with van der Waals surface area (Å²) in [6.07, 6.45) is 1.75. The minimum Gasteiger partial charge on any atom is -0.465 e. The van der Waals surface area contributed by atoms with Crippen molar-refractivity contribution in [3.05, 3.63) is 71.8 Å². The van der Waals surface area contributed by atoms with Crippen molar-refractivity contribution in [3.63, 3.8) is 0 Å². The normalized spacial score (nSPS) is 10.2. The number of carbonyl (C=O) groups is 1. The fourth-order valence-electron chi connectivity index (χ4n) is 2.42. The molecule has 0 saturated carbocycles. The highest BCUT2D eigenvalue weighted by molar-refractivity contribution is 5.96. The molecule has 0 saturated heterocycles. The summed E-state index contributed by atoms with van der Waals surface area (Å²) in [5, 5.41) is 6.39. The third kappa shape index (κ3) is 4.32. The monoisotopic (exact) mass is 349 g/mol. The van der Waals surface area contributed by atoms with Gasteiger partial charge in [0.15, 0.2) is 0 Å². The lowest BCUT2D eigenvalue weighted by molar-refractivity contribution is 0.0602. The number of nitrogens with zero attached hydrogens (tertiary/aromatic N) is 3. The number of benzene rings is 1. The number of pyridine rings is 1. The SMILES string of the molecule is COC(=O)c1ccccc1Nc1cc(NCc2ccccn2)nc(C)n1. The maximum atomic E-state index is 11.9. The molecule has 1 aromatic carbocycles. The van der Waals surface area contributed by atoms with Crippen LogP contribution in [0.2, 0.25) is 0 Å². The van der Waals surface area contributed by atoms with Crippen LogP contribution < -0.4 is 10.6 Å². The zero-order valence-electron chi connectivity index (χ0n) is 14.6. The van der Waals surface area contributed by atoms with Crippen molar-refractivity contribution >= 4 is 23.3 Å². The Morgan fingerprint density at radius 1 is 1.08 bits per heavy atom. The molecule has 132 valence electrons. The predicted molar refractivity (Wildman–Crippen MR) is 99.4 cm³/mol. The Labute approximate surface area is 151 Å². The van der Waals surface area contributed by atoms with Crippen LogP contribution in [0.4, 0.5) is 17.3 Å². The number of anilines is 3. The summed E-state index contributed by atoms with van der Waals surface area (Å²) >= 11 is 0. The van der Waals surface area contributed by atoms with Gasteiger partial charge < -0.3 is 15.4 Å². The third-order valence-corrected chi connectivity index (χ3v) is 3.61. The van der Waals surface area contributed by atoms with Crippen LogP contribution in [-0.2, 0) is 11.3 Å². The lowest BCUT2D eigenvalue weighted by atomic mass is 10.2. The molecule has 0 radical (unpaired) electrons. The molecule has 7 nitrogen and oxygen atoms in total. The van der Waals surface area contributed by atoms with Gasteiger partial charge in [0.1, 0.15) is 17.5 Å². The van der Waals surface area contributed by atoms with E-state index in [1.54, 1.807) is 30.5 Å². The van der Waals surface area contributed by atoms with Gasteiger partial charge in [-0.05, 0) is 31.2 Å². The van der Waals surface area contributed by atoms with Crippen molar-refractivity contribution < 1.29 is 9.53 Å². The van der Waals surface area contributed by atoms with Crippen molar-refractivity contribution in [1.82, 2.24) is 15.0 Å². The van der Waals surface area contributed by atoms with E-state index in [-0.39, 0.29) is 0 Å². The molecule has 0 atom stereocenters. The fourth-order valence-corrected chi connectivity index (χ4v) is 2.42. The smallest absolute Gasteiger partial charge is 0.339 e. The second-order valence-electron chi connectivity index (χ2n) is 5.52. The number of nitrogens with one attached hydrogen (secondary N) is 2. The van der Waals surface area contributed by atoms with E-state index in [2.05, 4.69) is 25.6 Å². The second-order valence-corrected chi connectivity index (χ2v) is 5.52. The van der Waals surface area contributed by atoms with Crippen LogP contribution in [0.5, 0.6) is 0 Å². The molecule has 0 fully saturated rings. The van der Waals surface area contributed by atoms with Gasteiger partial charge in [-0.3, -0.25) is 4.98 Å². The summed E-state index contributed by atoms with van der Waals surface area (Å²) in [4.78, 5) is 24.9. The molecule has 3 rings (SSSR count).